The first-order chi connectivity index (χ1) is 7.44. The zero-order chi connectivity index (χ0) is 12.2. The molecular weight excluding hydrogens is 224 g/mol. The SMILES string of the molecule is CC(C)(C)OCC(NN)c1ccccc1Cl. The molecule has 1 rings (SSSR count). The van der Waals surface area contributed by atoms with Crippen molar-refractivity contribution in [1.82, 2.24) is 5.43 Å². The molecule has 0 spiro atoms. The van der Waals surface area contributed by atoms with Gasteiger partial charge in [-0.15, -0.1) is 0 Å². The van der Waals surface area contributed by atoms with Crippen LogP contribution in [0.5, 0.6) is 0 Å². The second-order valence-electron chi connectivity index (χ2n) is 4.66. The highest BCUT2D eigenvalue weighted by Gasteiger charge is 2.17. The number of rotatable bonds is 4. The summed E-state index contributed by atoms with van der Waals surface area (Å²) < 4.78 is 5.69. The van der Waals surface area contributed by atoms with E-state index in [0.29, 0.717) is 11.6 Å². The monoisotopic (exact) mass is 242 g/mol. The molecule has 4 heteroatoms. The molecule has 0 bridgehead atoms. The van der Waals surface area contributed by atoms with Gasteiger partial charge in [-0.05, 0) is 32.4 Å². The van der Waals surface area contributed by atoms with Gasteiger partial charge in [0.1, 0.15) is 0 Å². The molecule has 1 atom stereocenters. The molecule has 0 amide bonds. The van der Waals surface area contributed by atoms with Crippen molar-refractivity contribution < 1.29 is 4.74 Å². The van der Waals surface area contributed by atoms with E-state index in [-0.39, 0.29) is 11.6 Å². The minimum absolute atomic E-state index is 0.0899. The van der Waals surface area contributed by atoms with Gasteiger partial charge in [-0.25, -0.2) is 0 Å². The number of nitrogens with two attached hydrogens (primary N) is 1. The molecule has 0 saturated heterocycles. The Morgan fingerprint density at radius 1 is 1.38 bits per heavy atom. The summed E-state index contributed by atoms with van der Waals surface area (Å²) in [6, 6.07) is 7.53. The molecule has 0 heterocycles. The van der Waals surface area contributed by atoms with E-state index in [1.54, 1.807) is 0 Å². The van der Waals surface area contributed by atoms with Crippen molar-refractivity contribution in [2.24, 2.45) is 5.84 Å². The normalized spacial score (nSPS) is 13.8. The lowest BCUT2D eigenvalue weighted by atomic mass is 10.1. The Hall–Kier alpha value is -0.610. The van der Waals surface area contributed by atoms with Crippen LogP contribution in [0.1, 0.15) is 32.4 Å². The Kier molecular flexibility index (Phi) is 4.74. The van der Waals surface area contributed by atoms with Crippen molar-refractivity contribution in [3.63, 3.8) is 0 Å². The Morgan fingerprint density at radius 2 is 2.00 bits per heavy atom. The molecule has 0 radical (unpaired) electrons. The van der Waals surface area contributed by atoms with E-state index in [4.69, 9.17) is 22.2 Å². The zero-order valence-corrected chi connectivity index (χ0v) is 10.7. The number of hydrazine groups is 1. The van der Waals surface area contributed by atoms with Gasteiger partial charge in [0, 0.05) is 5.02 Å². The second-order valence-corrected chi connectivity index (χ2v) is 5.07. The number of ether oxygens (including phenoxy) is 1. The molecule has 1 unspecified atom stereocenters. The van der Waals surface area contributed by atoms with Crippen LogP contribution in [-0.2, 0) is 4.74 Å². The van der Waals surface area contributed by atoms with Gasteiger partial charge >= 0.3 is 0 Å². The van der Waals surface area contributed by atoms with E-state index in [2.05, 4.69) is 5.43 Å². The number of hydrogen-bond acceptors (Lipinski definition) is 3. The molecule has 0 aliphatic carbocycles. The lowest BCUT2D eigenvalue weighted by molar-refractivity contribution is -0.0148. The molecule has 90 valence electrons. The molecule has 3 N–H and O–H groups in total. The second kappa shape index (κ2) is 5.64. The Labute approximate surface area is 102 Å². The average molecular weight is 243 g/mol. The summed E-state index contributed by atoms with van der Waals surface area (Å²) in [5, 5.41) is 0.697. The summed E-state index contributed by atoms with van der Waals surface area (Å²) in [5.41, 5.74) is 3.49. The summed E-state index contributed by atoms with van der Waals surface area (Å²) >= 11 is 6.10. The van der Waals surface area contributed by atoms with Crippen LogP contribution in [0.4, 0.5) is 0 Å². The van der Waals surface area contributed by atoms with Crippen molar-refractivity contribution in [3.05, 3.63) is 34.9 Å². The van der Waals surface area contributed by atoms with Crippen LogP contribution in [0.3, 0.4) is 0 Å². The van der Waals surface area contributed by atoms with Crippen molar-refractivity contribution >= 4 is 11.6 Å². The van der Waals surface area contributed by atoms with E-state index in [9.17, 15) is 0 Å². The number of halogens is 1. The smallest absolute Gasteiger partial charge is 0.0708 e. The summed E-state index contributed by atoms with van der Waals surface area (Å²) in [5.74, 6) is 5.51. The fourth-order valence-corrected chi connectivity index (χ4v) is 1.59. The van der Waals surface area contributed by atoms with Gasteiger partial charge in [0.05, 0.1) is 18.2 Å². The van der Waals surface area contributed by atoms with Crippen LogP contribution in [0, 0.1) is 0 Å². The maximum Gasteiger partial charge on any atom is 0.0708 e. The van der Waals surface area contributed by atoms with Crippen LogP contribution < -0.4 is 11.3 Å². The van der Waals surface area contributed by atoms with Crippen LogP contribution in [0.2, 0.25) is 5.02 Å². The van der Waals surface area contributed by atoms with E-state index in [1.807, 2.05) is 45.0 Å². The first-order valence-electron chi connectivity index (χ1n) is 5.28. The first kappa shape index (κ1) is 13.5. The summed E-state index contributed by atoms with van der Waals surface area (Å²) in [6.45, 7) is 6.51. The Morgan fingerprint density at radius 3 is 2.50 bits per heavy atom. The highest BCUT2D eigenvalue weighted by Crippen LogP contribution is 2.23. The minimum atomic E-state index is -0.184. The van der Waals surface area contributed by atoms with Crippen LogP contribution in [0.25, 0.3) is 0 Å². The predicted molar refractivity (Wildman–Crippen MR) is 67.2 cm³/mol. The fourth-order valence-electron chi connectivity index (χ4n) is 1.32. The molecule has 0 fully saturated rings. The van der Waals surface area contributed by atoms with Gasteiger partial charge in [-0.3, -0.25) is 11.3 Å². The van der Waals surface area contributed by atoms with Crippen molar-refractivity contribution in [3.8, 4) is 0 Å². The van der Waals surface area contributed by atoms with E-state index < -0.39 is 0 Å². The molecule has 0 saturated carbocycles. The van der Waals surface area contributed by atoms with Crippen molar-refractivity contribution in [1.29, 1.82) is 0 Å². The van der Waals surface area contributed by atoms with Gasteiger partial charge < -0.3 is 4.74 Å². The lowest BCUT2D eigenvalue weighted by Gasteiger charge is -2.24. The highest BCUT2D eigenvalue weighted by atomic mass is 35.5. The molecule has 16 heavy (non-hydrogen) atoms. The van der Waals surface area contributed by atoms with Gasteiger partial charge in [0.15, 0.2) is 0 Å². The van der Waals surface area contributed by atoms with Crippen LogP contribution in [0.15, 0.2) is 24.3 Å². The van der Waals surface area contributed by atoms with Crippen LogP contribution >= 0.6 is 11.6 Å². The number of nitrogens with one attached hydrogen (secondary N) is 1. The Balaban J connectivity index is 2.72. The van der Waals surface area contributed by atoms with Crippen molar-refractivity contribution in [2.75, 3.05) is 6.61 Å². The highest BCUT2D eigenvalue weighted by molar-refractivity contribution is 6.31. The fraction of sp³-hybridized carbons (Fsp3) is 0.500. The van der Waals surface area contributed by atoms with Crippen molar-refractivity contribution in [2.45, 2.75) is 32.4 Å². The molecule has 1 aromatic carbocycles. The van der Waals surface area contributed by atoms with Gasteiger partial charge in [0.25, 0.3) is 0 Å². The Bertz CT molecular complexity index is 336. The summed E-state index contributed by atoms with van der Waals surface area (Å²) in [4.78, 5) is 0. The molecular formula is C12H19ClN2O. The van der Waals surface area contributed by atoms with E-state index >= 15 is 0 Å². The maximum atomic E-state index is 6.10. The average Bonchev–Trinajstić information content (AvgIpc) is 2.20. The standard InChI is InChI=1S/C12H19ClN2O/c1-12(2,3)16-8-11(15-14)9-6-4-5-7-10(9)13/h4-7,11,15H,8,14H2,1-3H3. The summed E-state index contributed by atoms with van der Waals surface area (Å²) in [7, 11) is 0. The summed E-state index contributed by atoms with van der Waals surface area (Å²) in [6.07, 6.45) is 0. The largest absolute Gasteiger partial charge is 0.374 e. The quantitative estimate of drug-likeness (QED) is 0.630. The van der Waals surface area contributed by atoms with Gasteiger partial charge in [-0.2, -0.15) is 0 Å². The van der Waals surface area contributed by atoms with Gasteiger partial charge in [0.2, 0.25) is 0 Å². The predicted octanol–water partition coefficient (Wildman–Crippen LogP) is 2.66. The van der Waals surface area contributed by atoms with Crippen LogP contribution in [-0.4, -0.2) is 12.2 Å². The third kappa shape index (κ3) is 4.10. The molecule has 1 aromatic rings. The molecule has 3 nitrogen and oxygen atoms in total. The minimum Gasteiger partial charge on any atom is -0.374 e. The number of benzene rings is 1. The third-order valence-electron chi connectivity index (χ3n) is 2.16. The molecule has 0 aliphatic heterocycles. The molecule has 0 aliphatic rings. The third-order valence-corrected chi connectivity index (χ3v) is 2.51. The van der Waals surface area contributed by atoms with E-state index in [0.717, 1.165) is 5.56 Å². The molecule has 0 aromatic heterocycles. The van der Waals surface area contributed by atoms with E-state index in [1.165, 1.54) is 0 Å². The first-order valence-corrected chi connectivity index (χ1v) is 5.66. The lowest BCUT2D eigenvalue weighted by Crippen LogP contribution is -2.34. The topological polar surface area (TPSA) is 47.3 Å². The zero-order valence-electron chi connectivity index (χ0n) is 9.96. The number of hydrogen-bond donors (Lipinski definition) is 2. The van der Waals surface area contributed by atoms with Gasteiger partial charge in [-0.1, -0.05) is 29.8 Å². The maximum absolute atomic E-state index is 6.10.